The van der Waals surface area contributed by atoms with Crippen molar-refractivity contribution in [2.45, 2.75) is 39.3 Å². The van der Waals surface area contributed by atoms with Gasteiger partial charge in [0.05, 0.1) is 6.10 Å². The molecule has 1 aromatic rings. The normalized spacial score (nSPS) is 33.9. The summed E-state index contributed by atoms with van der Waals surface area (Å²) in [5.74, 6) is 0.699. The summed E-state index contributed by atoms with van der Waals surface area (Å²) < 4.78 is 5.83. The number of hydrogen-bond acceptors (Lipinski definition) is 2. The monoisotopic (exact) mass is 231 g/mol. The van der Waals surface area contributed by atoms with E-state index in [0.29, 0.717) is 18.1 Å². The smallest absolute Gasteiger partial charge is 0.0694 e. The molecular formula is C15H21NO. The van der Waals surface area contributed by atoms with Gasteiger partial charge in [0.2, 0.25) is 0 Å². The van der Waals surface area contributed by atoms with Crippen molar-refractivity contribution < 1.29 is 4.74 Å². The predicted octanol–water partition coefficient (Wildman–Crippen LogP) is 3.22. The van der Waals surface area contributed by atoms with E-state index in [0.717, 1.165) is 6.61 Å². The van der Waals surface area contributed by atoms with Crippen LogP contribution in [0.15, 0.2) is 24.3 Å². The second kappa shape index (κ2) is 3.74. The number of rotatable bonds is 2. The maximum Gasteiger partial charge on any atom is 0.0694 e. The highest BCUT2D eigenvalue weighted by Crippen LogP contribution is 2.53. The van der Waals surface area contributed by atoms with Crippen LogP contribution < -0.4 is 5.32 Å². The maximum absolute atomic E-state index is 5.83. The van der Waals surface area contributed by atoms with Crippen molar-refractivity contribution in [1.82, 2.24) is 0 Å². The molecule has 1 aromatic carbocycles. The van der Waals surface area contributed by atoms with E-state index >= 15 is 0 Å². The summed E-state index contributed by atoms with van der Waals surface area (Å²) >= 11 is 0. The average Bonchev–Trinajstić information content (AvgIpc) is 2.74. The molecule has 3 rings (SSSR count). The van der Waals surface area contributed by atoms with Crippen molar-refractivity contribution in [3.05, 3.63) is 29.8 Å². The van der Waals surface area contributed by atoms with Crippen LogP contribution in [-0.2, 0) is 4.74 Å². The van der Waals surface area contributed by atoms with E-state index < -0.39 is 0 Å². The van der Waals surface area contributed by atoms with Gasteiger partial charge in [-0.1, -0.05) is 32.0 Å². The number of anilines is 1. The van der Waals surface area contributed by atoms with Crippen molar-refractivity contribution in [3.63, 3.8) is 0 Å². The summed E-state index contributed by atoms with van der Waals surface area (Å²) in [4.78, 5) is 0. The van der Waals surface area contributed by atoms with Crippen molar-refractivity contribution >= 4 is 5.69 Å². The van der Waals surface area contributed by atoms with E-state index in [1.807, 2.05) is 0 Å². The molecule has 1 aliphatic carbocycles. The fourth-order valence-corrected chi connectivity index (χ4v) is 3.52. The molecule has 1 heterocycles. The fraction of sp³-hybridized carbons (Fsp3) is 0.600. The molecule has 92 valence electrons. The number of fused-ring (bicyclic) bond motifs is 1. The second-order valence-electron chi connectivity index (χ2n) is 6.00. The molecule has 3 unspecified atom stereocenters. The van der Waals surface area contributed by atoms with Crippen molar-refractivity contribution in [3.8, 4) is 0 Å². The van der Waals surface area contributed by atoms with E-state index in [4.69, 9.17) is 4.74 Å². The zero-order chi connectivity index (χ0) is 12.0. The van der Waals surface area contributed by atoms with E-state index in [1.165, 1.54) is 17.7 Å². The van der Waals surface area contributed by atoms with Gasteiger partial charge in [-0.15, -0.1) is 0 Å². The lowest BCUT2D eigenvalue weighted by Gasteiger charge is -2.55. The molecule has 2 nitrogen and oxygen atoms in total. The Morgan fingerprint density at radius 3 is 2.82 bits per heavy atom. The minimum absolute atomic E-state index is 0.253. The topological polar surface area (TPSA) is 21.3 Å². The second-order valence-corrected chi connectivity index (χ2v) is 6.00. The molecule has 0 aromatic heterocycles. The van der Waals surface area contributed by atoms with Crippen LogP contribution in [0.4, 0.5) is 5.69 Å². The third kappa shape index (κ3) is 1.58. The molecule has 2 aliphatic rings. The van der Waals surface area contributed by atoms with Crippen LogP contribution >= 0.6 is 0 Å². The molecule has 0 bridgehead atoms. The largest absolute Gasteiger partial charge is 0.381 e. The number of hydrogen-bond donors (Lipinski definition) is 1. The zero-order valence-electron chi connectivity index (χ0n) is 10.9. The highest BCUT2D eigenvalue weighted by atomic mass is 16.5. The van der Waals surface area contributed by atoms with Crippen molar-refractivity contribution in [2.24, 2.45) is 11.3 Å². The van der Waals surface area contributed by atoms with E-state index in [1.54, 1.807) is 0 Å². The Morgan fingerprint density at radius 1 is 1.29 bits per heavy atom. The number of nitrogens with one attached hydrogen (secondary N) is 1. The number of benzene rings is 1. The van der Waals surface area contributed by atoms with Crippen LogP contribution in [0.25, 0.3) is 0 Å². The first-order chi connectivity index (χ1) is 8.10. The molecular weight excluding hydrogens is 210 g/mol. The van der Waals surface area contributed by atoms with Gasteiger partial charge in [0.25, 0.3) is 0 Å². The van der Waals surface area contributed by atoms with Gasteiger partial charge in [0, 0.05) is 29.7 Å². The SMILES string of the molecule is Cc1ccccc1NC1C2CCOC2C1(C)C. The van der Waals surface area contributed by atoms with E-state index in [9.17, 15) is 0 Å². The van der Waals surface area contributed by atoms with Crippen LogP contribution in [0.3, 0.4) is 0 Å². The molecule has 2 fully saturated rings. The lowest BCUT2D eigenvalue weighted by Crippen LogP contribution is -2.63. The Morgan fingerprint density at radius 2 is 2.06 bits per heavy atom. The van der Waals surface area contributed by atoms with Crippen LogP contribution in [0, 0.1) is 18.3 Å². The highest BCUT2D eigenvalue weighted by molar-refractivity contribution is 5.52. The van der Waals surface area contributed by atoms with Crippen LogP contribution in [0.2, 0.25) is 0 Å². The predicted molar refractivity (Wildman–Crippen MR) is 70.2 cm³/mol. The molecule has 1 N–H and O–H groups in total. The summed E-state index contributed by atoms with van der Waals surface area (Å²) in [6.45, 7) is 7.73. The Balaban J connectivity index is 1.80. The van der Waals surface area contributed by atoms with Gasteiger partial charge in [-0.2, -0.15) is 0 Å². The quantitative estimate of drug-likeness (QED) is 0.843. The standard InChI is InChI=1S/C15H21NO/c1-10-6-4-5-7-12(10)16-13-11-8-9-17-14(11)15(13,2)3/h4-7,11,13-14,16H,8-9H2,1-3H3. The number of para-hydroxylation sites is 1. The van der Waals surface area contributed by atoms with Crippen molar-refractivity contribution in [2.75, 3.05) is 11.9 Å². The van der Waals surface area contributed by atoms with Gasteiger partial charge < -0.3 is 10.1 Å². The molecule has 3 atom stereocenters. The maximum atomic E-state index is 5.83. The lowest BCUT2D eigenvalue weighted by molar-refractivity contribution is -0.0923. The summed E-state index contributed by atoms with van der Waals surface area (Å²) in [5.41, 5.74) is 2.85. The third-order valence-corrected chi connectivity index (χ3v) is 4.56. The molecule has 1 saturated carbocycles. The first-order valence-electron chi connectivity index (χ1n) is 6.54. The van der Waals surface area contributed by atoms with Crippen LogP contribution in [0.1, 0.15) is 25.8 Å². The molecule has 2 heteroatoms. The Kier molecular flexibility index (Phi) is 2.44. The number of ether oxygens (including phenoxy) is 1. The molecule has 17 heavy (non-hydrogen) atoms. The Bertz CT molecular complexity index is 427. The summed E-state index contributed by atoms with van der Waals surface area (Å²) in [7, 11) is 0. The molecule has 1 aliphatic heterocycles. The third-order valence-electron chi connectivity index (χ3n) is 4.56. The van der Waals surface area contributed by atoms with Crippen LogP contribution in [-0.4, -0.2) is 18.8 Å². The van der Waals surface area contributed by atoms with Gasteiger partial charge in [-0.25, -0.2) is 0 Å². The Labute approximate surface area is 103 Å². The van der Waals surface area contributed by atoms with Crippen molar-refractivity contribution in [1.29, 1.82) is 0 Å². The average molecular weight is 231 g/mol. The fourth-order valence-electron chi connectivity index (χ4n) is 3.52. The summed E-state index contributed by atoms with van der Waals surface area (Å²) in [6, 6.07) is 9.08. The zero-order valence-corrected chi connectivity index (χ0v) is 10.9. The summed E-state index contributed by atoms with van der Waals surface area (Å²) in [6.07, 6.45) is 1.67. The molecule has 1 saturated heterocycles. The first kappa shape index (κ1) is 11.1. The molecule has 0 radical (unpaired) electrons. The van der Waals surface area contributed by atoms with Gasteiger partial charge in [0.15, 0.2) is 0 Å². The molecule has 0 amide bonds. The van der Waals surface area contributed by atoms with Gasteiger partial charge in [-0.05, 0) is 25.0 Å². The van der Waals surface area contributed by atoms with E-state index in [-0.39, 0.29) is 5.41 Å². The van der Waals surface area contributed by atoms with Crippen LogP contribution in [0.5, 0.6) is 0 Å². The first-order valence-corrected chi connectivity index (χ1v) is 6.54. The number of aryl methyl sites for hydroxylation is 1. The lowest BCUT2D eigenvalue weighted by atomic mass is 9.57. The van der Waals surface area contributed by atoms with E-state index in [2.05, 4.69) is 50.4 Å². The molecule has 0 spiro atoms. The minimum Gasteiger partial charge on any atom is -0.381 e. The summed E-state index contributed by atoms with van der Waals surface area (Å²) in [5, 5.41) is 3.73. The minimum atomic E-state index is 0.253. The Hall–Kier alpha value is -1.02. The van der Waals surface area contributed by atoms with Gasteiger partial charge in [-0.3, -0.25) is 0 Å². The van der Waals surface area contributed by atoms with Gasteiger partial charge in [0.1, 0.15) is 0 Å². The highest BCUT2D eigenvalue weighted by Gasteiger charge is 2.59. The van der Waals surface area contributed by atoms with Gasteiger partial charge >= 0.3 is 0 Å².